The second-order valence-corrected chi connectivity index (χ2v) is 8.92. The number of aliphatic hydroxyl groups is 1. The molecule has 0 aliphatic heterocycles. The maximum atomic E-state index is 12.8. The maximum absolute atomic E-state index is 12.8. The first-order chi connectivity index (χ1) is 15.4. The molecule has 0 aromatic heterocycles. The molecule has 0 atom stereocenters. The number of benzene rings is 3. The Kier molecular flexibility index (Phi) is 7.08. The van der Waals surface area contributed by atoms with Crippen LogP contribution in [0.4, 0.5) is 26.3 Å². The van der Waals surface area contributed by atoms with Crippen molar-refractivity contribution in [3.05, 3.63) is 90.5 Å². The van der Waals surface area contributed by atoms with Gasteiger partial charge in [-0.1, -0.05) is 42.5 Å². The average Bonchev–Trinajstić information content (AvgIpc) is 2.77. The smallest absolute Gasteiger partial charge is 0.429 e. The Balaban J connectivity index is 1.91. The number of alkyl halides is 6. The Morgan fingerprint density at radius 1 is 0.727 bits per heavy atom. The standard InChI is InChI=1S/C23H17F6O3S/c24-22(25,26)21(31,23(27,28)29)15-32-20(30)16-8-7-13-19(14-16)33(17-9-3-1-4-10-17)18-11-5-2-6-12-18/h1-14,31H,15H2/q+1. The Hall–Kier alpha value is -2.98. The number of hydrogen-bond acceptors (Lipinski definition) is 3. The summed E-state index contributed by atoms with van der Waals surface area (Å²) >= 11 is 0. The fourth-order valence-electron chi connectivity index (χ4n) is 2.85. The summed E-state index contributed by atoms with van der Waals surface area (Å²) in [4.78, 5) is 14.7. The number of halogens is 6. The van der Waals surface area contributed by atoms with E-state index in [1.54, 1.807) is 6.07 Å². The van der Waals surface area contributed by atoms with Gasteiger partial charge in [0.2, 0.25) is 0 Å². The third kappa shape index (κ3) is 5.33. The summed E-state index contributed by atoms with van der Waals surface area (Å²) in [6.45, 7) is -2.31. The van der Waals surface area contributed by atoms with Gasteiger partial charge in [0.05, 0.1) is 16.5 Å². The molecule has 0 spiro atoms. The van der Waals surface area contributed by atoms with Gasteiger partial charge in [0.15, 0.2) is 14.7 Å². The van der Waals surface area contributed by atoms with Gasteiger partial charge in [0.25, 0.3) is 5.60 Å². The quantitative estimate of drug-likeness (QED) is 0.272. The van der Waals surface area contributed by atoms with Gasteiger partial charge in [0, 0.05) is 6.07 Å². The van der Waals surface area contributed by atoms with Gasteiger partial charge in [-0.15, -0.1) is 0 Å². The van der Waals surface area contributed by atoms with Crippen molar-refractivity contribution in [2.24, 2.45) is 0 Å². The highest BCUT2D eigenvalue weighted by Crippen LogP contribution is 2.43. The minimum atomic E-state index is -6.08. The van der Waals surface area contributed by atoms with E-state index in [2.05, 4.69) is 4.74 Å². The first-order valence-electron chi connectivity index (χ1n) is 9.41. The molecule has 0 aliphatic carbocycles. The zero-order valence-electron chi connectivity index (χ0n) is 16.7. The molecule has 174 valence electrons. The van der Waals surface area contributed by atoms with Crippen LogP contribution >= 0.6 is 0 Å². The maximum Gasteiger partial charge on any atom is 0.429 e. The summed E-state index contributed by atoms with van der Waals surface area (Å²) in [6, 6.07) is 24.1. The molecule has 0 saturated carbocycles. The van der Waals surface area contributed by atoms with E-state index >= 15 is 0 Å². The minimum Gasteiger partial charge on any atom is -0.458 e. The highest BCUT2D eigenvalue weighted by atomic mass is 32.2. The van der Waals surface area contributed by atoms with Crippen LogP contribution in [0.25, 0.3) is 0 Å². The normalized spacial score (nSPS) is 12.6. The molecule has 33 heavy (non-hydrogen) atoms. The molecule has 0 heterocycles. The Labute approximate surface area is 188 Å². The minimum absolute atomic E-state index is 0.247. The van der Waals surface area contributed by atoms with E-state index in [9.17, 15) is 36.2 Å². The second kappa shape index (κ2) is 9.48. The van der Waals surface area contributed by atoms with E-state index in [0.29, 0.717) is 4.90 Å². The Morgan fingerprint density at radius 3 is 1.64 bits per heavy atom. The Morgan fingerprint density at radius 2 is 1.18 bits per heavy atom. The summed E-state index contributed by atoms with van der Waals surface area (Å²) in [5, 5.41) is 9.19. The van der Waals surface area contributed by atoms with E-state index in [1.165, 1.54) is 18.2 Å². The van der Waals surface area contributed by atoms with Crippen LogP contribution in [0.2, 0.25) is 0 Å². The summed E-state index contributed by atoms with van der Waals surface area (Å²) in [6.07, 6.45) is -12.2. The van der Waals surface area contributed by atoms with Crippen LogP contribution in [0.15, 0.2) is 99.6 Å². The highest BCUT2D eigenvalue weighted by molar-refractivity contribution is 7.97. The van der Waals surface area contributed by atoms with E-state index < -0.39 is 41.4 Å². The molecule has 3 nitrogen and oxygen atoms in total. The lowest BCUT2D eigenvalue weighted by atomic mass is 10.0. The lowest BCUT2D eigenvalue weighted by molar-refractivity contribution is -0.374. The summed E-state index contributed by atoms with van der Waals surface area (Å²) in [5.41, 5.74) is -5.42. The van der Waals surface area contributed by atoms with Gasteiger partial charge in [-0.2, -0.15) is 26.3 Å². The lowest BCUT2D eigenvalue weighted by Crippen LogP contribution is -2.60. The van der Waals surface area contributed by atoms with Gasteiger partial charge < -0.3 is 9.84 Å². The van der Waals surface area contributed by atoms with Crippen molar-refractivity contribution < 1.29 is 41.0 Å². The van der Waals surface area contributed by atoms with Crippen LogP contribution < -0.4 is 0 Å². The topological polar surface area (TPSA) is 46.5 Å². The number of hydrogen-bond donors (Lipinski definition) is 1. The molecule has 0 saturated heterocycles. The van der Waals surface area contributed by atoms with Gasteiger partial charge >= 0.3 is 18.3 Å². The van der Waals surface area contributed by atoms with E-state index in [0.717, 1.165) is 9.79 Å². The van der Waals surface area contributed by atoms with Crippen LogP contribution in [0.3, 0.4) is 0 Å². The lowest BCUT2D eigenvalue weighted by Gasteiger charge is -2.31. The third-order valence-electron chi connectivity index (χ3n) is 4.61. The number of esters is 1. The summed E-state index contributed by atoms with van der Waals surface area (Å²) in [5.74, 6) is -1.42. The zero-order valence-corrected chi connectivity index (χ0v) is 17.5. The predicted molar refractivity (Wildman–Crippen MR) is 109 cm³/mol. The van der Waals surface area contributed by atoms with Crippen molar-refractivity contribution >= 4 is 16.9 Å². The van der Waals surface area contributed by atoms with Crippen LogP contribution in [0.1, 0.15) is 10.4 Å². The number of carbonyl (C=O) groups excluding carboxylic acids is 1. The Bertz CT molecular complexity index is 1030. The van der Waals surface area contributed by atoms with Crippen molar-refractivity contribution in [3.63, 3.8) is 0 Å². The van der Waals surface area contributed by atoms with Crippen molar-refractivity contribution in [1.29, 1.82) is 0 Å². The number of rotatable bonds is 6. The van der Waals surface area contributed by atoms with Crippen molar-refractivity contribution in [2.75, 3.05) is 6.61 Å². The fourth-order valence-corrected chi connectivity index (χ4v) is 4.98. The molecule has 3 rings (SSSR count). The summed E-state index contributed by atoms with van der Waals surface area (Å²) in [7, 11) is -0.708. The van der Waals surface area contributed by atoms with Crippen LogP contribution in [-0.2, 0) is 15.6 Å². The average molecular weight is 487 g/mol. The number of ether oxygens (including phenoxy) is 1. The van der Waals surface area contributed by atoms with E-state index in [1.807, 2.05) is 60.7 Å². The monoisotopic (exact) mass is 487 g/mol. The molecule has 3 aromatic carbocycles. The van der Waals surface area contributed by atoms with E-state index in [4.69, 9.17) is 0 Å². The van der Waals surface area contributed by atoms with E-state index in [-0.39, 0.29) is 5.56 Å². The molecule has 1 N–H and O–H groups in total. The molecule has 0 bridgehead atoms. The third-order valence-corrected chi connectivity index (χ3v) is 6.83. The predicted octanol–water partition coefficient (Wildman–Crippen LogP) is 5.79. The number of carbonyl (C=O) groups is 1. The van der Waals surface area contributed by atoms with Crippen molar-refractivity contribution in [2.45, 2.75) is 32.6 Å². The SMILES string of the molecule is O=C(OCC(O)(C(F)(F)F)C(F)(F)F)c1cccc([S+](c2ccccc2)c2ccccc2)c1. The zero-order chi connectivity index (χ0) is 24.3. The molecule has 3 aromatic rings. The first-order valence-corrected chi connectivity index (χ1v) is 10.6. The molecular formula is C23H17F6O3S+. The molecule has 0 radical (unpaired) electrons. The molecular weight excluding hydrogens is 470 g/mol. The molecule has 0 unspecified atom stereocenters. The van der Waals surface area contributed by atoms with Crippen molar-refractivity contribution in [1.82, 2.24) is 0 Å². The van der Waals surface area contributed by atoms with Crippen LogP contribution in [0.5, 0.6) is 0 Å². The van der Waals surface area contributed by atoms with Crippen molar-refractivity contribution in [3.8, 4) is 0 Å². The van der Waals surface area contributed by atoms with Gasteiger partial charge in [-0.05, 0) is 36.4 Å². The largest absolute Gasteiger partial charge is 0.458 e. The first kappa shape index (κ1) is 24.7. The van der Waals surface area contributed by atoms with Gasteiger partial charge in [0.1, 0.15) is 6.61 Å². The fraction of sp³-hybridized carbons (Fsp3) is 0.174. The highest BCUT2D eigenvalue weighted by Gasteiger charge is 2.71. The molecule has 0 aliphatic rings. The summed E-state index contributed by atoms with van der Waals surface area (Å²) < 4.78 is 81.3. The second-order valence-electron chi connectivity index (χ2n) is 6.89. The van der Waals surface area contributed by atoms with Gasteiger partial charge in [-0.3, -0.25) is 0 Å². The van der Waals surface area contributed by atoms with Gasteiger partial charge in [-0.25, -0.2) is 4.79 Å². The van der Waals surface area contributed by atoms with Crippen LogP contribution in [0, 0.1) is 0 Å². The molecule has 0 amide bonds. The van der Waals surface area contributed by atoms with Crippen LogP contribution in [-0.4, -0.2) is 35.6 Å². The molecule has 0 fully saturated rings. The molecule has 10 heteroatoms.